The highest BCUT2D eigenvalue weighted by molar-refractivity contribution is 7.48. The monoisotopic (exact) mass is 878 g/mol. The van der Waals surface area contributed by atoms with Crippen LogP contribution in [-0.4, -0.2) is 94.2 Å². The highest BCUT2D eigenvalue weighted by atomic mass is 31.2. The molecule has 10 atom stereocenters. The standard InChI is InChI=1S/C44H47O17P/c1-24-51-21-35-42(59-24)38(45)39(46)44(60-35)61-40-29-17-32-31(53-22-54-32)16-28(29)36(37-30(40)20-52-43(37)47)27-14-33(49-2)41(34(15-27)50-3)55-23-58-62(48,56-18-25-10-6-4-7-11-25)57-19-26-12-8-5-9-13-26/h4-17,24,30,35-40,42,44-46H,18-23H2,1-3H3/t24?,30-,35+,36+,37-,38?,39?,40?,42?,44?/m0/s1. The van der Waals surface area contributed by atoms with Gasteiger partial charge in [0.1, 0.15) is 24.4 Å². The van der Waals surface area contributed by atoms with Gasteiger partial charge in [0.25, 0.3) is 0 Å². The first-order valence-electron chi connectivity index (χ1n) is 20.2. The molecule has 18 heteroatoms. The molecule has 5 aliphatic rings. The van der Waals surface area contributed by atoms with Crippen LogP contribution in [0.5, 0.6) is 28.7 Å². The Bertz CT molecular complexity index is 2190. The van der Waals surface area contributed by atoms with Crippen LogP contribution in [0, 0.1) is 11.8 Å². The minimum Gasteiger partial charge on any atom is -0.493 e. The third-order valence-corrected chi connectivity index (χ3v) is 12.9. The smallest absolute Gasteiger partial charge is 0.478 e. The summed E-state index contributed by atoms with van der Waals surface area (Å²) >= 11 is 0. The molecule has 4 aromatic carbocycles. The molecule has 17 nitrogen and oxygen atoms in total. The van der Waals surface area contributed by atoms with Gasteiger partial charge in [0.05, 0.1) is 52.7 Å². The molecule has 4 heterocycles. The molecule has 0 bridgehead atoms. The number of carbonyl (C=O) groups excluding carboxylic acids is 1. The van der Waals surface area contributed by atoms with Crippen molar-refractivity contribution >= 4 is 13.8 Å². The second-order valence-electron chi connectivity index (χ2n) is 15.3. The van der Waals surface area contributed by atoms with E-state index in [1.807, 2.05) is 60.7 Å². The van der Waals surface area contributed by atoms with E-state index in [1.165, 1.54) is 14.2 Å². The number of hydrogen-bond acceptors (Lipinski definition) is 17. The van der Waals surface area contributed by atoms with Crippen molar-refractivity contribution in [2.24, 2.45) is 11.8 Å². The molecule has 330 valence electrons. The largest absolute Gasteiger partial charge is 0.493 e. The fourth-order valence-electron chi connectivity index (χ4n) is 8.58. The van der Waals surface area contributed by atoms with E-state index in [2.05, 4.69) is 0 Å². The Morgan fingerprint density at radius 3 is 2.02 bits per heavy atom. The van der Waals surface area contributed by atoms with Crippen LogP contribution < -0.4 is 23.7 Å². The van der Waals surface area contributed by atoms with Gasteiger partial charge in [0.2, 0.25) is 19.3 Å². The molecular formula is C44H47O17P. The molecule has 0 amide bonds. The maximum absolute atomic E-state index is 14.0. The third-order valence-electron chi connectivity index (χ3n) is 11.6. The van der Waals surface area contributed by atoms with Crippen molar-refractivity contribution in [3.8, 4) is 28.7 Å². The number of hydrogen-bond donors (Lipinski definition) is 2. The van der Waals surface area contributed by atoms with E-state index in [4.69, 9.17) is 60.9 Å². The molecule has 0 saturated carbocycles. The number of ether oxygens (including phenoxy) is 10. The van der Waals surface area contributed by atoms with E-state index < -0.39 is 81.4 Å². The van der Waals surface area contributed by atoms with Gasteiger partial charge < -0.3 is 57.6 Å². The van der Waals surface area contributed by atoms with Crippen molar-refractivity contribution in [2.75, 3.05) is 41.0 Å². The van der Waals surface area contributed by atoms with Gasteiger partial charge in [-0.25, -0.2) is 9.09 Å². The Hall–Kier alpha value is -4.78. The molecule has 3 fully saturated rings. The van der Waals surface area contributed by atoms with Gasteiger partial charge in [0, 0.05) is 11.8 Å². The number of aliphatic hydroxyl groups excluding tert-OH is 2. The Balaban J connectivity index is 1.00. The number of esters is 1. The van der Waals surface area contributed by atoms with E-state index in [9.17, 15) is 19.6 Å². The minimum absolute atomic E-state index is 0.00868. The second kappa shape index (κ2) is 18.1. The van der Waals surface area contributed by atoms with Crippen LogP contribution >= 0.6 is 7.82 Å². The minimum atomic E-state index is -4.21. The predicted octanol–water partition coefficient (Wildman–Crippen LogP) is 5.53. The molecule has 3 saturated heterocycles. The fraction of sp³-hybridized carbons (Fsp3) is 0.432. The number of rotatable bonds is 15. The summed E-state index contributed by atoms with van der Waals surface area (Å²) in [5.74, 6) is -1.08. The molecule has 0 spiro atoms. The fourth-order valence-corrected chi connectivity index (χ4v) is 9.60. The zero-order valence-corrected chi connectivity index (χ0v) is 35.0. The molecular weight excluding hydrogens is 831 g/mol. The topological polar surface area (TPSA) is 195 Å². The molecule has 9 rings (SSSR count). The van der Waals surface area contributed by atoms with Crippen molar-refractivity contribution in [3.63, 3.8) is 0 Å². The summed E-state index contributed by atoms with van der Waals surface area (Å²) in [6, 6.07) is 25.4. The third kappa shape index (κ3) is 8.50. The lowest BCUT2D eigenvalue weighted by molar-refractivity contribution is -0.364. The second-order valence-corrected chi connectivity index (χ2v) is 17.0. The Morgan fingerprint density at radius 1 is 0.758 bits per heavy atom. The quantitative estimate of drug-likeness (QED) is 0.0859. The summed E-state index contributed by atoms with van der Waals surface area (Å²) in [7, 11) is -1.31. The Morgan fingerprint density at radius 2 is 1.39 bits per heavy atom. The van der Waals surface area contributed by atoms with E-state index in [0.717, 1.165) is 11.1 Å². The first-order chi connectivity index (χ1) is 30.1. The van der Waals surface area contributed by atoms with Crippen molar-refractivity contribution in [1.82, 2.24) is 0 Å². The Kier molecular flexibility index (Phi) is 12.4. The van der Waals surface area contributed by atoms with E-state index >= 15 is 0 Å². The van der Waals surface area contributed by atoms with Gasteiger partial charge in [-0.05, 0) is 59.0 Å². The Labute approximate surface area is 357 Å². The molecule has 2 N–H and O–H groups in total. The SMILES string of the molecule is COc1cc([C@@H]2c3cc4c(cc3C(OC3O[C@@H]5COC(C)OC5C(O)C3O)[C@H]3COC(=O)[C@H]23)OCO4)cc(OC)c1OCOP(=O)(OCc1ccccc1)OCc1ccccc1. The lowest BCUT2D eigenvalue weighted by atomic mass is 9.66. The van der Waals surface area contributed by atoms with Crippen molar-refractivity contribution in [1.29, 1.82) is 0 Å². The van der Waals surface area contributed by atoms with Crippen molar-refractivity contribution in [3.05, 3.63) is 113 Å². The lowest BCUT2D eigenvalue weighted by Gasteiger charge is -2.47. The number of fused-ring (bicyclic) bond motifs is 4. The number of carbonyl (C=O) groups is 1. The average Bonchev–Trinajstić information content (AvgIpc) is 3.93. The first kappa shape index (κ1) is 42.5. The van der Waals surface area contributed by atoms with Crippen molar-refractivity contribution < 1.29 is 80.5 Å². The zero-order valence-electron chi connectivity index (χ0n) is 34.1. The van der Waals surface area contributed by atoms with Crippen LogP contribution in [0.2, 0.25) is 0 Å². The number of phosphoric ester groups is 1. The van der Waals surface area contributed by atoms with Gasteiger partial charge in [0.15, 0.2) is 35.6 Å². The summed E-state index contributed by atoms with van der Waals surface area (Å²) in [5, 5.41) is 22.4. The maximum Gasteiger partial charge on any atom is 0.478 e. The molecule has 0 radical (unpaired) electrons. The van der Waals surface area contributed by atoms with E-state index in [1.54, 1.807) is 31.2 Å². The summed E-state index contributed by atoms with van der Waals surface area (Å²) in [6.45, 7) is 1.11. The van der Waals surface area contributed by atoms with Crippen LogP contribution in [0.25, 0.3) is 0 Å². The first-order valence-corrected chi connectivity index (χ1v) is 21.6. The summed E-state index contributed by atoms with van der Waals surface area (Å²) in [5.41, 5.74) is 3.39. The zero-order chi connectivity index (χ0) is 43.0. The van der Waals surface area contributed by atoms with Crippen LogP contribution in [0.1, 0.15) is 46.8 Å². The van der Waals surface area contributed by atoms with Gasteiger partial charge in [-0.15, -0.1) is 0 Å². The van der Waals surface area contributed by atoms with E-state index in [-0.39, 0.29) is 50.5 Å². The van der Waals surface area contributed by atoms with Gasteiger partial charge >= 0.3 is 13.8 Å². The van der Waals surface area contributed by atoms with Crippen LogP contribution in [-0.2, 0) is 59.8 Å². The van der Waals surface area contributed by atoms with Crippen LogP contribution in [0.4, 0.5) is 0 Å². The number of phosphoric acid groups is 1. The van der Waals surface area contributed by atoms with Gasteiger partial charge in [-0.3, -0.25) is 13.8 Å². The number of cyclic esters (lactones) is 1. The molecule has 1 aliphatic carbocycles. The highest BCUT2D eigenvalue weighted by Gasteiger charge is 2.56. The van der Waals surface area contributed by atoms with Gasteiger partial charge in [-0.2, -0.15) is 0 Å². The number of benzene rings is 4. The maximum atomic E-state index is 14.0. The lowest BCUT2D eigenvalue weighted by Crippen LogP contribution is -2.63. The van der Waals surface area contributed by atoms with Crippen LogP contribution in [0.15, 0.2) is 84.9 Å². The summed E-state index contributed by atoms with van der Waals surface area (Å²) < 4.78 is 90.4. The summed E-state index contributed by atoms with van der Waals surface area (Å²) in [6.07, 6.45) is -7.15. The normalized spacial score (nSPS) is 28.6. The molecule has 4 aromatic rings. The van der Waals surface area contributed by atoms with Crippen LogP contribution in [0.3, 0.4) is 0 Å². The number of aliphatic hydroxyl groups is 2. The predicted molar refractivity (Wildman–Crippen MR) is 213 cm³/mol. The van der Waals surface area contributed by atoms with E-state index in [0.29, 0.717) is 28.2 Å². The molecule has 4 aliphatic heterocycles. The van der Waals surface area contributed by atoms with Gasteiger partial charge in [-0.1, -0.05) is 60.7 Å². The molecule has 6 unspecified atom stereocenters. The number of methoxy groups -OCH3 is 2. The summed E-state index contributed by atoms with van der Waals surface area (Å²) in [4.78, 5) is 13.9. The highest BCUT2D eigenvalue weighted by Crippen LogP contribution is 2.57. The molecule has 62 heavy (non-hydrogen) atoms. The van der Waals surface area contributed by atoms with Crippen molar-refractivity contribution in [2.45, 2.75) is 69.2 Å². The molecule has 0 aromatic heterocycles. The average molecular weight is 879 g/mol.